The number of aromatic nitrogens is 2. The Bertz CT molecular complexity index is 1330. The van der Waals surface area contributed by atoms with Gasteiger partial charge in [-0.05, 0) is 36.3 Å². The van der Waals surface area contributed by atoms with Crippen molar-refractivity contribution in [1.29, 1.82) is 0 Å². The van der Waals surface area contributed by atoms with Crippen LogP contribution in [0.4, 0.5) is 22.0 Å². The zero-order chi connectivity index (χ0) is 27.7. The summed E-state index contributed by atoms with van der Waals surface area (Å²) in [6.45, 7) is 13.1. The Kier molecular flexibility index (Phi) is 7.45. The van der Waals surface area contributed by atoms with Crippen LogP contribution in [0, 0.1) is 10.1 Å². The summed E-state index contributed by atoms with van der Waals surface area (Å²) in [5.41, 5.74) is 1.25. The smallest absolute Gasteiger partial charge is 0.321 e. The molecular formula is C26H34N6O5Si. The lowest BCUT2D eigenvalue weighted by molar-refractivity contribution is -0.384. The van der Waals surface area contributed by atoms with Crippen LogP contribution in [0.3, 0.4) is 0 Å². The third-order valence-electron chi connectivity index (χ3n) is 7.27. The highest BCUT2D eigenvalue weighted by molar-refractivity contribution is 6.74. The highest BCUT2D eigenvalue weighted by Crippen LogP contribution is 2.42. The molecule has 12 heteroatoms. The number of nitro groups is 1. The molecule has 0 atom stereocenters. The first kappa shape index (κ1) is 27.1. The zero-order valence-electron chi connectivity index (χ0n) is 22.6. The standard InChI is InChI=1S/C26H34N6O5Si/c1-26(2,3)38(5,6)37-23-16-21-20(15-22(23)36-4)24(28-17-27-21)30-11-13-31(14-12-30)25(33)29-18-7-9-19(10-8-18)32(34)35/h7-10,15-17H,11-14H2,1-6H3,(H,29,33). The van der Waals surface area contributed by atoms with E-state index in [0.717, 1.165) is 16.7 Å². The molecule has 202 valence electrons. The van der Waals surface area contributed by atoms with Gasteiger partial charge in [-0.1, -0.05) is 20.8 Å². The first-order chi connectivity index (χ1) is 17.9. The number of hydrogen-bond donors (Lipinski definition) is 1. The number of rotatable bonds is 6. The number of nitrogens with one attached hydrogen (secondary N) is 1. The van der Waals surface area contributed by atoms with Gasteiger partial charge in [-0.2, -0.15) is 0 Å². The summed E-state index contributed by atoms with van der Waals surface area (Å²) in [6, 6.07) is 9.38. The van der Waals surface area contributed by atoms with Crippen molar-refractivity contribution in [2.75, 3.05) is 43.5 Å². The number of piperazine rings is 1. The summed E-state index contributed by atoms with van der Waals surface area (Å²) in [6.07, 6.45) is 1.55. The second kappa shape index (κ2) is 10.4. The number of carbonyl (C=O) groups excluding carboxylic acids is 1. The van der Waals surface area contributed by atoms with Gasteiger partial charge in [0.1, 0.15) is 17.9 Å². The molecule has 0 saturated carbocycles. The minimum Gasteiger partial charge on any atom is -0.541 e. The highest BCUT2D eigenvalue weighted by atomic mass is 28.4. The van der Waals surface area contributed by atoms with Crippen molar-refractivity contribution in [2.45, 2.75) is 38.9 Å². The number of amides is 2. The van der Waals surface area contributed by atoms with Gasteiger partial charge in [-0.15, -0.1) is 0 Å². The fraction of sp³-hybridized carbons (Fsp3) is 0.423. The van der Waals surface area contributed by atoms with Crippen LogP contribution in [-0.4, -0.2) is 67.4 Å². The van der Waals surface area contributed by atoms with E-state index in [2.05, 4.69) is 54.0 Å². The van der Waals surface area contributed by atoms with E-state index in [-0.39, 0.29) is 16.8 Å². The normalized spacial score (nSPS) is 14.4. The van der Waals surface area contributed by atoms with Crippen LogP contribution in [-0.2, 0) is 0 Å². The van der Waals surface area contributed by atoms with Crippen molar-refractivity contribution in [1.82, 2.24) is 14.9 Å². The van der Waals surface area contributed by atoms with Gasteiger partial charge in [-0.25, -0.2) is 14.8 Å². The molecule has 1 aliphatic rings. The molecule has 2 aromatic carbocycles. The Morgan fingerprint density at radius 3 is 2.29 bits per heavy atom. The zero-order valence-corrected chi connectivity index (χ0v) is 23.6. The Hall–Kier alpha value is -3.93. The molecule has 3 aromatic rings. The minimum atomic E-state index is -2.09. The molecule has 1 aliphatic heterocycles. The summed E-state index contributed by atoms with van der Waals surface area (Å²) < 4.78 is 12.2. The number of nitro benzene ring substituents is 1. The van der Waals surface area contributed by atoms with Crippen LogP contribution in [0.2, 0.25) is 18.1 Å². The Morgan fingerprint density at radius 2 is 1.71 bits per heavy atom. The van der Waals surface area contributed by atoms with E-state index in [1.807, 2.05) is 12.1 Å². The number of methoxy groups -OCH3 is 1. The maximum absolute atomic E-state index is 12.8. The number of hydrogen-bond acceptors (Lipinski definition) is 8. The van der Waals surface area contributed by atoms with Crippen molar-refractivity contribution >= 4 is 42.4 Å². The van der Waals surface area contributed by atoms with Gasteiger partial charge in [0.2, 0.25) is 0 Å². The van der Waals surface area contributed by atoms with Gasteiger partial charge >= 0.3 is 6.03 Å². The van der Waals surface area contributed by atoms with Crippen LogP contribution in [0.1, 0.15) is 20.8 Å². The largest absolute Gasteiger partial charge is 0.541 e. The number of non-ortho nitro benzene ring substituents is 1. The van der Waals surface area contributed by atoms with E-state index in [1.165, 1.54) is 24.3 Å². The van der Waals surface area contributed by atoms with Crippen molar-refractivity contribution < 1.29 is 18.9 Å². The SMILES string of the molecule is COc1cc2c(N3CCN(C(=O)Nc4ccc([N+](=O)[O-])cc4)CC3)ncnc2cc1O[Si](C)(C)C(C)(C)C. The van der Waals surface area contributed by atoms with Crippen molar-refractivity contribution in [3.05, 3.63) is 52.8 Å². The fourth-order valence-corrected chi connectivity index (χ4v) is 4.98. The van der Waals surface area contributed by atoms with E-state index in [4.69, 9.17) is 9.16 Å². The van der Waals surface area contributed by atoms with Crippen LogP contribution < -0.4 is 19.4 Å². The van der Waals surface area contributed by atoms with E-state index in [9.17, 15) is 14.9 Å². The van der Waals surface area contributed by atoms with E-state index >= 15 is 0 Å². The second-order valence-electron chi connectivity index (χ2n) is 10.8. The van der Waals surface area contributed by atoms with E-state index in [0.29, 0.717) is 43.4 Å². The first-order valence-electron chi connectivity index (χ1n) is 12.5. The van der Waals surface area contributed by atoms with Gasteiger partial charge in [0.15, 0.2) is 5.75 Å². The Morgan fingerprint density at radius 1 is 1.05 bits per heavy atom. The number of anilines is 2. The van der Waals surface area contributed by atoms with Crippen molar-refractivity contribution in [3.63, 3.8) is 0 Å². The van der Waals surface area contributed by atoms with Crippen LogP contribution in [0.25, 0.3) is 10.9 Å². The molecule has 0 aliphatic carbocycles. The number of carbonyl (C=O) groups is 1. The molecular weight excluding hydrogens is 504 g/mol. The van der Waals surface area contributed by atoms with Crippen LogP contribution >= 0.6 is 0 Å². The predicted molar refractivity (Wildman–Crippen MR) is 150 cm³/mol. The lowest BCUT2D eigenvalue weighted by Crippen LogP contribution is -2.50. The molecule has 4 rings (SSSR count). The molecule has 11 nitrogen and oxygen atoms in total. The Labute approximate surface area is 223 Å². The van der Waals surface area contributed by atoms with Gasteiger partial charge in [0, 0.05) is 55.5 Å². The first-order valence-corrected chi connectivity index (χ1v) is 15.4. The average Bonchev–Trinajstić information content (AvgIpc) is 2.87. The summed E-state index contributed by atoms with van der Waals surface area (Å²) in [5, 5.41) is 14.5. The molecule has 2 heterocycles. The quantitative estimate of drug-likeness (QED) is 0.255. The molecule has 0 bridgehead atoms. The van der Waals surface area contributed by atoms with Crippen molar-refractivity contribution in [3.8, 4) is 11.5 Å². The van der Waals surface area contributed by atoms with Gasteiger partial charge in [0.25, 0.3) is 14.0 Å². The van der Waals surface area contributed by atoms with Gasteiger partial charge in [-0.3, -0.25) is 10.1 Å². The predicted octanol–water partition coefficient (Wildman–Crippen LogP) is 5.28. The highest BCUT2D eigenvalue weighted by Gasteiger charge is 2.39. The Balaban J connectivity index is 1.48. The average molecular weight is 539 g/mol. The lowest BCUT2D eigenvalue weighted by atomic mass is 10.2. The number of ether oxygens (including phenoxy) is 1. The summed E-state index contributed by atoms with van der Waals surface area (Å²) >= 11 is 0. The number of nitrogens with zero attached hydrogens (tertiary/aromatic N) is 5. The topological polar surface area (TPSA) is 123 Å². The number of benzene rings is 2. The maximum Gasteiger partial charge on any atom is 0.321 e. The third-order valence-corrected chi connectivity index (χ3v) is 11.6. The number of fused-ring (bicyclic) bond motifs is 1. The molecule has 38 heavy (non-hydrogen) atoms. The molecule has 1 N–H and O–H groups in total. The summed E-state index contributed by atoms with van der Waals surface area (Å²) in [7, 11) is -0.458. The molecule has 1 fully saturated rings. The molecule has 2 amide bonds. The minimum absolute atomic E-state index is 0.0241. The van der Waals surface area contributed by atoms with Crippen LogP contribution in [0.5, 0.6) is 11.5 Å². The second-order valence-corrected chi connectivity index (χ2v) is 15.5. The van der Waals surface area contributed by atoms with E-state index in [1.54, 1.807) is 18.3 Å². The molecule has 0 radical (unpaired) electrons. The molecule has 1 aromatic heterocycles. The van der Waals surface area contributed by atoms with E-state index < -0.39 is 13.2 Å². The maximum atomic E-state index is 12.8. The summed E-state index contributed by atoms with van der Waals surface area (Å²) in [5.74, 6) is 2.10. The fourth-order valence-electron chi connectivity index (χ4n) is 3.96. The summed E-state index contributed by atoms with van der Waals surface area (Å²) in [4.78, 5) is 36.0. The lowest BCUT2D eigenvalue weighted by Gasteiger charge is -2.37. The van der Waals surface area contributed by atoms with Gasteiger partial charge < -0.3 is 24.3 Å². The third kappa shape index (κ3) is 5.64. The van der Waals surface area contributed by atoms with Gasteiger partial charge in [0.05, 0.1) is 17.5 Å². The van der Waals surface area contributed by atoms with Crippen LogP contribution in [0.15, 0.2) is 42.7 Å². The molecule has 0 unspecified atom stereocenters. The number of urea groups is 1. The molecule has 1 saturated heterocycles. The molecule has 0 spiro atoms. The monoisotopic (exact) mass is 538 g/mol. The van der Waals surface area contributed by atoms with Crippen molar-refractivity contribution in [2.24, 2.45) is 0 Å².